The van der Waals surface area contributed by atoms with Gasteiger partial charge in [0, 0.05) is 34.0 Å². The summed E-state index contributed by atoms with van der Waals surface area (Å²) in [6, 6.07) is 4.50. The zero-order valence-corrected chi connectivity index (χ0v) is 19.7. The van der Waals surface area contributed by atoms with Crippen LogP contribution in [0.15, 0.2) is 24.4 Å². The molecule has 0 aromatic carbocycles. The van der Waals surface area contributed by atoms with E-state index in [1.807, 2.05) is 22.6 Å². The fourth-order valence-electron chi connectivity index (χ4n) is 2.44. The lowest BCUT2D eigenvalue weighted by atomic mass is 10.1. The van der Waals surface area contributed by atoms with Gasteiger partial charge in [0.1, 0.15) is 11.4 Å². The van der Waals surface area contributed by atoms with Crippen molar-refractivity contribution in [2.75, 3.05) is 11.9 Å². The highest BCUT2D eigenvalue weighted by Crippen LogP contribution is 2.23. The topological polar surface area (TPSA) is 113 Å². The van der Waals surface area contributed by atoms with Gasteiger partial charge in [-0.2, -0.15) is 13.2 Å². The maximum absolute atomic E-state index is 12.6. The second kappa shape index (κ2) is 10.4. The Bertz CT molecular complexity index is 994. The van der Waals surface area contributed by atoms with Gasteiger partial charge in [0.25, 0.3) is 11.8 Å². The van der Waals surface area contributed by atoms with Crippen LogP contribution in [-0.4, -0.2) is 45.3 Å². The first-order chi connectivity index (χ1) is 14.8. The maximum Gasteiger partial charge on any atom is 0.422 e. The summed E-state index contributed by atoms with van der Waals surface area (Å²) >= 11 is 1.98. The Kier molecular flexibility index (Phi) is 8.40. The van der Waals surface area contributed by atoms with Crippen LogP contribution in [0.5, 0.6) is 5.88 Å². The maximum atomic E-state index is 12.6. The van der Waals surface area contributed by atoms with Gasteiger partial charge < -0.3 is 20.5 Å². The number of carbonyl (C=O) groups is 2. The molecule has 0 radical (unpaired) electrons. The molecule has 3 N–H and O–H groups in total. The van der Waals surface area contributed by atoms with Gasteiger partial charge in [-0.15, -0.1) is 0 Å². The Hall–Kier alpha value is -2.48. The van der Waals surface area contributed by atoms with Crippen molar-refractivity contribution in [3.63, 3.8) is 0 Å². The van der Waals surface area contributed by atoms with Gasteiger partial charge in [-0.25, -0.2) is 9.97 Å². The molecule has 0 aliphatic carbocycles. The van der Waals surface area contributed by atoms with Crippen molar-refractivity contribution >= 4 is 40.2 Å². The van der Waals surface area contributed by atoms with Crippen LogP contribution < -0.4 is 15.4 Å². The number of ether oxygens (including phenoxy) is 1. The number of amides is 2. The monoisotopic (exact) mass is 566 g/mol. The van der Waals surface area contributed by atoms with Crippen LogP contribution in [0, 0.1) is 6.92 Å². The Labute approximate surface area is 196 Å². The highest BCUT2D eigenvalue weighted by atomic mass is 127. The third-order valence-corrected chi connectivity index (χ3v) is 4.79. The molecular weight excluding hydrogens is 544 g/mol. The van der Waals surface area contributed by atoms with Crippen molar-refractivity contribution in [1.29, 1.82) is 0 Å². The van der Waals surface area contributed by atoms with Crippen LogP contribution in [0.4, 0.5) is 19.0 Å². The molecule has 8 nitrogen and oxygen atoms in total. The van der Waals surface area contributed by atoms with E-state index in [0.29, 0.717) is 21.2 Å². The molecule has 0 fully saturated rings. The first-order valence-electron chi connectivity index (χ1n) is 9.32. The van der Waals surface area contributed by atoms with E-state index in [4.69, 9.17) is 4.74 Å². The number of nitrogens with zero attached hydrogens (tertiary/aromatic N) is 2. The van der Waals surface area contributed by atoms with Crippen molar-refractivity contribution in [2.24, 2.45) is 0 Å². The summed E-state index contributed by atoms with van der Waals surface area (Å²) in [4.78, 5) is 32.6. The predicted molar refractivity (Wildman–Crippen MR) is 119 cm³/mol. The molecule has 174 valence electrons. The van der Waals surface area contributed by atoms with E-state index in [2.05, 4.69) is 20.6 Å². The molecule has 0 spiro atoms. The number of halogens is 4. The lowest BCUT2D eigenvalue weighted by Crippen LogP contribution is -2.37. The number of hydrogen-bond acceptors (Lipinski definition) is 6. The number of nitrogens with one attached hydrogen (secondary N) is 2. The molecular formula is C20H22F3IN4O4. The van der Waals surface area contributed by atoms with Crippen LogP contribution in [-0.2, 0) is 15.8 Å². The number of pyridine rings is 2. The molecule has 12 heteroatoms. The number of anilines is 1. The number of aromatic nitrogens is 2. The normalized spacial score (nSPS) is 11.8. The van der Waals surface area contributed by atoms with E-state index in [-0.39, 0.29) is 23.8 Å². The lowest BCUT2D eigenvalue weighted by molar-refractivity contribution is -0.154. The number of aliphatic hydroxyl groups is 1. The number of aryl methyl sites for hydroxylation is 1. The predicted octanol–water partition coefficient (Wildman–Crippen LogP) is 3.30. The summed E-state index contributed by atoms with van der Waals surface area (Å²) in [7, 11) is 0. The summed E-state index contributed by atoms with van der Waals surface area (Å²) < 4.78 is 42.2. The summed E-state index contributed by atoms with van der Waals surface area (Å²) in [6.07, 6.45) is -3.14. The molecule has 0 bridgehead atoms. The second-order valence-electron chi connectivity index (χ2n) is 7.42. The van der Waals surface area contributed by atoms with E-state index in [0.717, 1.165) is 0 Å². The summed E-state index contributed by atoms with van der Waals surface area (Å²) in [5.41, 5.74) is 0.135. The van der Waals surface area contributed by atoms with Crippen molar-refractivity contribution in [2.45, 2.75) is 43.5 Å². The molecule has 0 saturated heterocycles. The quantitative estimate of drug-likeness (QED) is 0.334. The molecule has 0 aliphatic rings. The SMILES string of the molecule is Cc1cc(C(=O)NCc2cnc(OCC(F)(F)F)c(CI)c2)cc(NC(=O)C(C)(C)O)n1. The molecule has 2 amide bonds. The van der Waals surface area contributed by atoms with Crippen LogP contribution >= 0.6 is 22.6 Å². The van der Waals surface area contributed by atoms with Gasteiger partial charge in [-0.3, -0.25) is 9.59 Å². The fourth-order valence-corrected chi connectivity index (χ4v) is 2.98. The third kappa shape index (κ3) is 7.89. The standard InChI is InChI=1S/C20H22F3IN4O4/c1-11-4-13(6-15(27-11)28-18(30)19(2,3)31)16(29)25-8-12-5-14(7-24)17(26-9-12)32-10-20(21,22)23/h4-6,9,31H,7-8,10H2,1-3H3,(H,25,29)(H,27,28,30). The molecule has 0 saturated carbocycles. The van der Waals surface area contributed by atoms with Crippen molar-refractivity contribution in [3.05, 3.63) is 46.8 Å². The largest absolute Gasteiger partial charge is 0.468 e. The Balaban J connectivity index is 2.08. The average molecular weight is 566 g/mol. The minimum atomic E-state index is -4.47. The first-order valence-corrected chi connectivity index (χ1v) is 10.8. The first kappa shape index (κ1) is 25.8. The van der Waals surface area contributed by atoms with Crippen LogP contribution in [0.1, 0.15) is 41.0 Å². The molecule has 2 aromatic heterocycles. The van der Waals surface area contributed by atoms with Gasteiger partial charge in [-0.05, 0) is 44.5 Å². The van der Waals surface area contributed by atoms with Crippen molar-refractivity contribution in [3.8, 4) is 5.88 Å². The molecule has 0 atom stereocenters. The Morgan fingerprint density at radius 1 is 1.22 bits per heavy atom. The fraction of sp³-hybridized carbons (Fsp3) is 0.400. The molecule has 0 aliphatic heterocycles. The molecule has 32 heavy (non-hydrogen) atoms. The molecule has 2 rings (SSSR count). The minimum Gasteiger partial charge on any atom is -0.468 e. The smallest absolute Gasteiger partial charge is 0.422 e. The molecule has 0 unspecified atom stereocenters. The number of hydrogen-bond donors (Lipinski definition) is 3. The van der Waals surface area contributed by atoms with Gasteiger partial charge in [0.05, 0.1) is 0 Å². The summed E-state index contributed by atoms with van der Waals surface area (Å²) in [5, 5.41) is 14.9. The van der Waals surface area contributed by atoms with Gasteiger partial charge in [-0.1, -0.05) is 22.6 Å². The number of rotatable bonds is 8. The molecule has 2 aromatic rings. The van der Waals surface area contributed by atoms with E-state index in [1.165, 1.54) is 32.2 Å². The third-order valence-electron chi connectivity index (χ3n) is 3.96. The zero-order valence-electron chi connectivity index (χ0n) is 17.5. The van der Waals surface area contributed by atoms with E-state index < -0.39 is 30.2 Å². The zero-order chi connectivity index (χ0) is 24.1. The van der Waals surface area contributed by atoms with Gasteiger partial charge in [0.15, 0.2) is 6.61 Å². The minimum absolute atomic E-state index is 0.0712. The van der Waals surface area contributed by atoms with Gasteiger partial charge in [0.2, 0.25) is 5.88 Å². The van der Waals surface area contributed by atoms with E-state index in [9.17, 15) is 27.9 Å². The second-order valence-corrected chi connectivity index (χ2v) is 8.19. The number of alkyl halides is 4. The van der Waals surface area contributed by atoms with Crippen LogP contribution in [0.2, 0.25) is 0 Å². The number of carbonyl (C=O) groups excluding carboxylic acids is 2. The highest BCUT2D eigenvalue weighted by molar-refractivity contribution is 14.1. The van der Waals surface area contributed by atoms with Crippen molar-refractivity contribution in [1.82, 2.24) is 15.3 Å². The Morgan fingerprint density at radius 3 is 2.50 bits per heavy atom. The highest BCUT2D eigenvalue weighted by Gasteiger charge is 2.29. The van der Waals surface area contributed by atoms with Crippen LogP contribution in [0.3, 0.4) is 0 Å². The van der Waals surface area contributed by atoms with Crippen LogP contribution in [0.25, 0.3) is 0 Å². The summed E-state index contributed by atoms with van der Waals surface area (Å²) in [6.45, 7) is 2.93. The lowest BCUT2D eigenvalue weighted by Gasteiger charge is -2.17. The van der Waals surface area contributed by atoms with Gasteiger partial charge >= 0.3 is 6.18 Å². The average Bonchev–Trinajstić information content (AvgIpc) is 2.68. The van der Waals surface area contributed by atoms with Crippen molar-refractivity contribution < 1.29 is 32.6 Å². The Morgan fingerprint density at radius 2 is 1.91 bits per heavy atom. The van der Waals surface area contributed by atoms with E-state index in [1.54, 1.807) is 13.0 Å². The summed E-state index contributed by atoms with van der Waals surface area (Å²) in [5.74, 6) is -1.12. The molecule has 2 heterocycles. The van der Waals surface area contributed by atoms with E-state index >= 15 is 0 Å².